The fourth-order valence-corrected chi connectivity index (χ4v) is 4.22. The second-order valence-corrected chi connectivity index (χ2v) is 10.8. The van der Waals surface area contributed by atoms with Crippen LogP contribution in [-0.2, 0) is 33.6 Å². The lowest BCUT2D eigenvalue weighted by atomic mass is 10.0. The van der Waals surface area contributed by atoms with Crippen LogP contribution in [0.2, 0.25) is 0 Å². The van der Waals surface area contributed by atoms with Crippen LogP contribution in [0.25, 0.3) is 0 Å². The normalized spacial score (nSPS) is 11.4. The maximum atomic E-state index is 11.7. The van der Waals surface area contributed by atoms with Gasteiger partial charge in [-0.1, -0.05) is 109 Å². The molecule has 0 N–H and O–H groups in total. The number of unbranched alkanes of at least 4 members (excludes halogenated alkanes) is 16. The van der Waals surface area contributed by atoms with Crippen molar-refractivity contribution in [3.63, 3.8) is 0 Å². The highest BCUT2D eigenvalue weighted by molar-refractivity contribution is 7.86. The van der Waals surface area contributed by atoms with Gasteiger partial charge in [-0.3, -0.25) is 4.89 Å². The highest BCUT2D eigenvalue weighted by atomic mass is 32.2. The van der Waals surface area contributed by atoms with E-state index in [4.69, 9.17) is 14.2 Å². The molecule has 0 unspecified atom stereocenters. The molecular formula is C28H54O7S. The van der Waals surface area contributed by atoms with Gasteiger partial charge in [-0.15, -0.1) is 0 Å². The SMILES string of the molecule is CCCCCCCCCCCCCCCCCCC#COOS(=O)(=O)CCOCCOCCOCC. The number of ether oxygens (including phenoxy) is 3. The van der Waals surface area contributed by atoms with Crippen molar-refractivity contribution in [3.05, 3.63) is 0 Å². The molecule has 214 valence electrons. The molecule has 0 bridgehead atoms. The quantitative estimate of drug-likeness (QED) is 0.0465. The van der Waals surface area contributed by atoms with Crippen molar-refractivity contribution in [2.24, 2.45) is 0 Å². The molecule has 0 atom stereocenters. The average Bonchev–Trinajstić information content (AvgIpc) is 2.86. The Labute approximate surface area is 222 Å². The first-order valence-corrected chi connectivity index (χ1v) is 16.0. The lowest BCUT2D eigenvalue weighted by Gasteiger charge is -2.05. The molecule has 0 spiro atoms. The second-order valence-electron chi connectivity index (χ2n) is 9.17. The molecule has 0 amide bonds. The van der Waals surface area contributed by atoms with Crippen LogP contribution in [0, 0.1) is 12.0 Å². The van der Waals surface area contributed by atoms with E-state index in [1.807, 2.05) is 6.92 Å². The molecular weight excluding hydrogens is 480 g/mol. The predicted molar refractivity (Wildman–Crippen MR) is 146 cm³/mol. The Morgan fingerprint density at radius 3 is 1.50 bits per heavy atom. The van der Waals surface area contributed by atoms with Gasteiger partial charge in [0, 0.05) is 13.0 Å². The summed E-state index contributed by atoms with van der Waals surface area (Å²) in [6.07, 6.45) is 24.3. The molecule has 0 saturated heterocycles. The van der Waals surface area contributed by atoms with Gasteiger partial charge in [-0.25, -0.2) is 0 Å². The number of rotatable bonds is 28. The first kappa shape index (κ1) is 35.2. The molecule has 0 radical (unpaired) electrons. The van der Waals surface area contributed by atoms with Crippen LogP contribution in [-0.4, -0.2) is 53.8 Å². The Hall–Kier alpha value is -0.850. The molecule has 0 aromatic rings. The average molecular weight is 535 g/mol. The first-order chi connectivity index (χ1) is 17.6. The van der Waals surface area contributed by atoms with Gasteiger partial charge in [0.2, 0.25) is 0 Å². The molecule has 0 aromatic carbocycles. The van der Waals surface area contributed by atoms with Crippen molar-refractivity contribution in [1.29, 1.82) is 0 Å². The minimum absolute atomic E-state index is 0.00708. The van der Waals surface area contributed by atoms with E-state index < -0.39 is 10.1 Å². The van der Waals surface area contributed by atoms with Gasteiger partial charge in [-0.2, -0.15) is 8.42 Å². The molecule has 0 aliphatic carbocycles. The molecule has 0 aliphatic rings. The molecule has 0 aromatic heterocycles. The molecule has 0 fully saturated rings. The Balaban J connectivity index is 3.36. The van der Waals surface area contributed by atoms with Crippen LogP contribution in [0.4, 0.5) is 0 Å². The molecule has 36 heavy (non-hydrogen) atoms. The van der Waals surface area contributed by atoms with Crippen molar-refractivity contribution < 1.29 is 31.8 Å². The Kier molecular flexibility index (Phi) is 28.0. The first-order valence-electron chi connectivity index (χ1n) is 14.4. The third-order valence-electron chi connectivity index (χ3n) is 5.83. The van der Waals surface area contributed by atoms with Crippen molar-refractivity contribution >= 4 is 10.1 Å². The zero-order valence-electron chi connectivity index (χ0n) is 23.2. The van der Waals surface area contributed by atoms with E-state index in [0.717, 1.165) is 12.8 Å². The Morgan fingerprint density at radius 1 is 0.556 bits per heavy atom. The highest BCUT2D eigenvalue weighted by Gasteiger charge is 2.12. The van der Waals surface area contributed by atoms with Crippen molar-refractivity contribution in [2.45, 2.75) is 123 Å². The van der Waals surface area contributed by atoms with Gasteiger partial charge in [0.25, 0.3) is 0 Å². The summed E-state index contributed by atoms with van der Waals surface area (Å²) in [7, 11) is -3.82. The molecule has 0 saturated carbocycles. The second kappa shape index (κ2) is 28.7. The van der Waals surface area contributed by atoms with E-state index in [1.165, 1.54) is 89.9 Å². The van der Waals surface area contributed by atoms with E-state index in [9.17, 15) is 8.42 Å². The molecule has 8 heteroatoms. The van der Waals surface area contributed by atoms with E-state index in [1.54, 1.807) is 0 Å². The van der Waals surface area contributed by atoms with Crippen LogP contribution in [0.5, 0.6) is 0 Å². The summed E-state index contributed by atoms with van der Waals surface area (Å²) in [4.78, 5) is 4.52. The van der Waals surface area contributed by atoms with Gasteiger partial charge in [0.15, 0.2) is 6.11 Å². The summed E-state index contributed by atoms with van der Waals surface area (Å²) in [5.74, 6) is 2.49. The highest BCUT2D eigenvalue weighted by Crippen LogP contribution is 2.13. The predicted octanol–water partition coefficient (Wildman–Crippen LogP) is 6.95. The molecule has 7 nitrogen and oxygen atoms in total. The minimum Gasteiger partial charge on any atom is -0.379 e. The standard InChI is InChI=1S/C28H54O7S/c1-3-5-6-7-8-9-10-11-12-13-14-15-16-17-18-19-20-21-22-34-35-36(29,30)28-27-33-26-25-32-24-23-31-4-2/h3-20,23-28H2,1-2H3. The summed E-state index contributed by atoms with van der Waals surface area (Å²) in [6.45, 7) is 6.57. The summed E-state index contributed by atoms with van der Waals surface area (Å²) in [6, 6.07) is 0. The van der Waals surface area contributed by atoms with Crippen molar-refractivity contribution in [3.8, 4) is 12.0 Å². The monoisotopic (exact) mass is 534 g/mol. The van der Waals surface area contributed by atoms with E-state index >= 15 is 0 Å². The van der Waals surface area contributed by atoms with Gasteiger partial charge in [0.1, 0.15) is 5.75 Å². The lowest BCUT2D eigenvalue weighted by molar-refractivity contribution is -0.127. The largest absolute Gasteiger partial charge is 0.379 e. The zero-order chi connectivity index (χ0) is 26.4. The van der Waals surface area contributed by atoms with Crippen LogP contribution in [0.1, 0.15) is 123 Å². The van der Waals surface area contributed by atoms with Gasteiger partial charge < -0.3 is 14.2 Å². The van der Waals surface area contributed by atoms with Crippen LogP contribution >= 0.6 is 0 Å². The molecule has 0 heterocycles. The summed E-state index contributed by atoms with van der Waals surface area (Å²) in [5, 5.41) is 0. The molecule has 0 aliphatic heterocycles. The molecule has 0 rings (SSSR count). The third-order valence-corrected chi connectivity index (χ3v) is 6.77. The maximum Gasteiger partial charge on any atom is 0.306 e. The van der Waals surface area contributed by atoms with Gasteiger partial charge in [0.05, 0.1) is 33.0 Å². The topological polar surface area (TPSA) is 80.3 Å². The van der Waals surface area contributed by atoms with Crippen molar-refractivity contribution in [2.75, 3.05) is 45.4 Å². The fourth-order valence-electron chi connectivity index (χ4n) is 3.69. The summed E-state index contributed by atoms with van der Waals surface area (Å²) < 4.78 is 43.4. The maximum absolute atomic E-state index is 11.7. The van der Waals surface area contributed by atoms with Crippen LogP contribution in [0.3, 0.4) is 0 Å². The smallest absolute Gasteiger partial charge is 0.306 e. The number of hydrogen-bond donors (Lipinski definition) is 0. The third kappa shape index (κ3) is 29.4. The van der Waals surface area contributed by atoms with E-state index in [0.29, 0.717) is 39.5 Å². The van der Waals surface area contributed by atoms with Gasteiger partial charge >= 0.3 is 10.1 Å². The van der Waals surface area contributed by atoms with E-state index in [-0.39, 0.29) is 12.4 Å². The summed E-state index contributed by atoms with van der Waals surface area (Å²) in [5.41, 5.74) is 0. The van der Waals surface area contributed by atoms with E-state index in [2.05, 4.69) is 28.2 Å². The Bertz CT molecular complexity index is 599. The van der Waals surface area contributed by atoms with Crippen molar-refractivity contribution in [1.82, 2.24) is 0 Å². The van der Waals surface area contributed by atoms with Crippen LogP contribution < -0.4 is 0 Å². The summed E-state index contributed by atoms with van der Waals surface area (Å²) >= 11 is 0. The fraction of sp³-hybridized carbons (Fsp3) is 0.929. The lowest BCUT2D eigenvalue weighted by Crippen LogP contribution is -2.16. The van der Waals surface area contributed by atoms with Gasteiger partial charge in [-0.05, 0) is 17.7 Å². The van der Waals surface area contributed by atoms with Crippen LogP contribution in [0.15, 0.2) is 0 Å². The minimum atomic E-state index is -3.82. The zero-order valence-corrected chi connectivity index (χ0v) is 24.1. The number of hydrogen-bond acceptors (Lipinski definition) is 7. The Morgan fingerprint density at radius 2 is 1.00 bits per heavy atom.